The maximum absolute atomic E-state index is 6.31. The van der Waals surface area contributed by atoms with Crippen LogP contribution in [0.1, 0.15) is 86.0 Å². The first-order chi connectivity index (χ1) is 11.4. The zero-order valence-corrected chi connectivity index (χ0v) is 19.0. The summed E-state index contributed by atoms with van der Waals surface area (Å²) >= 11 is 0. The van der Waals surface area contributed by atoms with Crippen LogP contribution in [0.15, 0.2) is 0 Å². The van der Waals surface area contributed by atoms with Crippen molar-refractivity contribution in [1.29, 1.82) is 0 Å². The van der Waals surface area contributed by atoms with Crippen molar-refractivity contribution in [2.45, 2.75) is 92.0 Å². The monoisotopic (exact) mass is 380 g/mol. The summed E-state index contributed by atoms with van der Waals surface area (Å²) in [7, 11) is 2.29. The molecule has 0 amide bonds. The summed E-state index contributed by atoms with van der Waals surface area (Å²) in [6.07, 6.45) is 10.6. The molecule has 0 saturated heterocycles. The summed E-state index contributed by atoms with van der Waals surface area (Å²) in [6, 6.07) is 0.744. The van der Waals surface area contributed by atoms with E-state index in [2.05, 4.69) is 47.1 Å². The molecule has 5 heteroatoms. The molecule has 25 heavy (non-hydrogen) atoms. The number of nitrogens with two attached hydrogens (primary N) is 1. The van der Waals surface area contributed by atoms with Crippen molar-refractivity contribution in [1.82, 2.24) is 5.43 Å². The van der Waals surface area contributed by atoms with Gasteiger partial charge in [0.05, 0.1) is 33.2 Å². The maximum atomic E-state index is 6.31. The van der Waals surface area contributed by atoms with Crippen LogP contribution in [0.3, 0.4) is 0 Å². The van der Waals surface area contributed by atoms with Crippen molar-refractivity contribution in [3.8, 4) is 0 Å². The van der Waals surface area contributed by atoms with Gasteiger partial charge in [0.2, 0.25) is 0 Å². The fourth-order valence-electron chi connectivity index (χ4n) is 3.97. The summed E-state index contributed by atoms with van der Waals surface area (Å²) in [5.74, 6) is 6.31. The third-order valence-corrected chi connectivity index (χ3v) is 5.66. The minimum absolute atomic E-state index is 0. The second-order valence-corrected chi connectivity index (χ2v) is 7.78. The first-order valence-corrected chi connectivity index (χ1v) is 10.7. The van der Waals surface area contributed by atoms with Crippen LogP contribution < -0.4 is 11.3 Å². The molecule has 1 aliphatic rings. The largest absolute Gasteiger partial charge is 0.248 e. The highest BCUT2D eigenvalue weighted by molar-refractivity contribution is 5.85. The molecular weight excluding hydrogens is 332 g/mol. The second-order valence-electron chi connectivity index (χ2n) is 7.78. The predicted octanol–water partition coefficient (Wildman–Crippen LogP) is 4.64. The first-order valence-electron chi connectivity index (χ1n) is 10.7. The van der Waals surface area contributed by atoms with E-state index in [1.54, 1.807) is 0 Å². The lowest BCUT2D eigenvalue weighted by molar-refractivity contribution is -0.960. The van der Waals surface area contributed by atoms with Crippen LogP contribution in [0, 0.1) is 0 Å². The molecule has 0 aromatic carbocycles. The van der Waals surface area contributed by atoms with Crippen LogP contribution in [-0.4, -0.2) is 55.0 Å². The lowest BCUT2D eigenvalue weighted by Crippen LogP contribution is -2.61. The summed E-state index contributed by atoms with van der Waals surface area (Å²) < 4.78 is 1.85. The fourth-order valence-corrected chi connectivity index (χ4v) is 3.97. The zero-order chi connectivity index (χ0) is 18.5. The molecule has 0 aliphatic heterocycles. The van der Waals surface area contributed by atoms with Gasteiger partial charge in [-0.25, -0.2) is 9.18 Å². The van der Waals surface area contributed by atoms with E-state index in [-0.39, 0.29) is 12.4 Å². The Balaban J connectivity index is 0. The molecular formula is C20H49ClN4+2. The molecule has 0 unspecified atom stereocenters. The van der Waals surface area contributed by atoms with Crippen LogP contribution in [0.2, 0.25) is 0 Å². The van der Waals surface area contributed by atoms with Gasteiger partial charge < -0.3 is 0 Å². The van der Waals surface area contributed by atoms with Crippen LogP contribution in [0.4, 0.5) is 0 Å². The highest BCUT2D eigenvalue weighted by Gasteiger charge is 2.31. The van der Waals surface area contributed by atoms with E-state index in [4.69, 9.17) is 5.84 Å². The SMILES string of the molecule is CCCN[N+](C)(CCC)CCC.CC[N+](N)(CC)C1CCCCC1.Cl. The first kappa shape index (κ1) is 27.3. The molecule has 4 nitrogen and oxygen atoms in total. The van der Waals surface area contributed by atoms with E-state index in [1.165, 1.54) is 64.5 Å². The molecule has 154 valence electrons. The average Bonchev–Trinajstić information content (AvgIpc) is 2.61. The van der Waals surface area contributed by atoms with E-state index in [1.807, 2.05) is 0 Å². The van der Waals surface area contributed by atoms with Gasteiger partial charge in [-0.3, -0.25) is 0 Å². The molecule has 0 atom stereocenters. The minimum Gasteiger partial charge on any atom is -0.248 e. The quantitative estimate of drug-likeness (QED) is 0.329. The predicted molar refractivity (Wildman–Crippen MR) is 114 cm³/mol. The maximum Gasteiger partial charge on any atom is 0.106 e. The van der Waals surface area contributed by atoms with Gasteiger partial charge >= 0.3 is 0 Å². The Morgan fingerprint density at radius 1 is 0.840 bits per heavy atom. The van der Waals surface area contributed by atoms with E-state index >= 15 is 0 Å². The van der Waals surface area contributed by atoms with E-state index < -0.39 is 0 Å². The van der Waals surface area contributed by atoms with Gasteiger partial charge in [-0.05, 0) is 46.0 Å². The van der Waals surface area contributed by atoms with Gasteiger partial charge in [0.25, 0.3) is 0 Å². The van der Waals surface area contributed by atoms with Crippen molar-refractivity contribution >= 4 is 12.4 Å². The lowest BCUT2D eigenvalue weighted by atomic mass is 9.93. The molecule has 3 N–H and O–H groups in total. The van der Waals surface area contributed by atoms with E-state index in [0.717, 1.165) is 34.9 Å². The fraction of sp³-hybridized carbons (Fsp3) is 1.00. The van der Waals surface area contributed by atoms with Crippen molar-refractivity contribution in [2.24, 2.45) is 5.84 Å². The summed E-state index contributed by atoms with van der Waals surface area (Å²) in [4.78, 5) is 0. The zero-order valence-electron chi connectivity index (χ0n) is 18.1. The topological polar surface area (TPSA) is 38.0 Å². The molecule has 1 aliphatic carbocycles. The van der Waals surface area contributed by atoms with Gasteiger partial charge in [0, 0.05) is 19.4 Å². The van der Waals surface area contributed by atoms with Crippen molar-refractivity contribution < 1.29 is 9.18 Å². The van der Waals surface area contributed by atoms with Crippen LogP contribution in [0.25, 0.3) is 0 Å². The Morgan fingerprint density at radius 3 is 1.68 bits per heavy atom. The lowest BCUT2D eigenvalue weighted by Gasteiger charge is -2.40. The summed E-state index contributed by atoms with van der Waals surface area (Å²) in [5, 5.41) is 0. The van der Waals surface area contributed by atoms with E-state index in [0.29, 0.717) is 0 Å². The molecule has 0 aromatic heterocycles. The van der Waals surface area contributed by atoms with E-state index in [9.17, 15) is 0 Å². The second kappa shape index (κ2) is 15.2. The Hall–Kier alpha value is 0.130. The average molecular weight is 381 g/mol. The third-order valence-electron chi connectivity index (χ3n) is 5.66. The number of rotatable bonds is 10. The Bertz CT molecular complexity index is 283. The van der Waals surface area contributed by atoms with Gasteiger partial charge in [-0.15, -0.1) is 12.4 Å². The third kappa shape index (κ3) is 10.8. The van der Waals surface area contributed by atoms with Crippen molar-refractivity contribution in [2.75, 3.05) is 39.8 Å². The number of hydrogen-bond acceptors (Lipinski definition) is 2. The van der Waals surface area contributed by atoms with Crippen LogP contribution in [-0.2, 0) is 0 Å². The Kier molecular flexibility index (Phi) is 16.6. The van der Waals surface area contributed by atoms with Gasteiger partial charge in [0.1, 0.15) is 6.04 Å². The number of hydrogen-bond donors (Lipinski definition) is 2. The van der Waals surface area contributed by atoms with Crippen LogP contribution in [0.5, 0.6) is 0 Å². The number of nitrogens with zero attached hydrogens (tertiary/aromatic N) is 2. The Labute approximate surface area is 165 Å². The summed E-state index contributed by atoms with van der Waals surface area (Å²) in [6.45, 7) is 16.9. The van der Waals surface area contributed by atoms with Gasteiger partial charge in [-0.2, -0.15) is 11.3 Å². The molecule has 0 bridgehead atoms. The minimum atomic E-state index is 0. The molecule has 1 rings (SSSR count). The van der Waals surface area contributed by atoms with Crippen molar-refractivity contribution in [3.63, 3.8) is 0 Å². The molecule has 0 aromatic rings. The van der Waals surface area contributed by atoms with Crippen LogP contribution >= 0.6 is 12.4 Å². The normalized spacial score (nSPS) is 16.0. The molecule has 1 fully saturated rings. The van der Waals surface area contributed by atoms with Gasteiger partial charge in [-0.1, -0.05) is 27.2 Å². The molecule has 0 spiro atoms. The molecule has 1 saturated carbocycles. The molecule has 0 radical (unpaired) electrons. The number of halogens is 1. The Morgan fingerprint density at radius 2 is 1.32 bits per heavy atom. The smallest absolute Gasteiger partial charge is 0.106 e. The standard InChI is InChI=1S/C10H23N2.C10H25N2.ClH/c1-3-12(11,4-2)10-8-6-5-7-9-10;1-5-8-11-12(4,9-6-2)10-7-3;/h10H,3-9,11H2,1-2H3;11H,5-10H2,1-4H3;1H/q2*+1;. The highest BCUT2D eigenvalue weighted by atomic mass is 35.5. The van der Waals surface area contributed by atoms with Gasteiger partial charge in [0.15, 0.2) is 0 Å². The number of quaternary nitrogens is 2. The highest BCUT2D eigenvalue weighted by Crippen LogP contribution is 2.25. The van der Waals surface area contributed by atoms with Crippen molar-refractivity contribution in [3.05, 3.63) is 0 Å². The summed E-state index contributed by atoms with van der Waals surface area (Å²) in [5.41, 5.74) is 3.59. The number of nitrogens with one attached hydrogen (secondary N) is 1. The molecule has 0 heterocycles.